The highest BCUT2D eigenvalue weighted by atomic mass is 79.9. The number of rotatable bonds is 4. The van der Waals surface area contributed by atoms with Gasteiger partial charge in [0.1, 0.15) is 0 Å². The molecule has 1 aliphatic rings. The van der Waals surface area contributed by atoms with E-state index in [1.807, 2.05) is 13.1 Å². The van der Waals surface area contributed by atoms with E-state index in [9.17, 15) is 8.42 Å². The molecule has 3 unspecified atom stereocenters. The van der Waals surface area contributed by atoms with Crippen molar-refractivity contribution in [3.63, 3.8) is 0 Å². The second-order valence-corrected chi connectivity index (χ2v) is 9.34. The maximum Gasteiger partial charge on any atom is 0.182 e. The average Bonchev–Trinajstić information content (AvgIpc) is 2.46. The van der Waals surface area contributed by atoms with E-state index in [1.165, 1.54) is 0 Å². The summed E-state index contributed by atoms with van der Waals surface area (Å²) in [5.74, 6) is 1.02. The summed E-state index contributed by atoms with van der Waals surface area (Å²) < 4.78 is 26.8. The van der Waals surface area contributed by atoms with Gasteiger partial charge in [-0.2, -0.15) is 0 Å². The largest absolute Gasteiger partial charge is 0.316 e. The first-order chi connectivity index (χ1) is 9.86. The Labute approximate surface area is 136 Å². The zero-order chi connectivity index (χ0) is 15.6. The molecule has 1 N–H and O–H groups in total. The SMILES string of the molecule is CNC1CCC(C(C)C)CC1S(=O)(=O)c1cccc(Br)c1. The van der Waals surface area contributed by atoms with Crippen LogP contribution < -0.4 is 5.32 Å². The Hall–Kier alpha value is -0.390. The van der Waals surface area contributed by atoms with E-state index in [0.717, 1.165) is 23.7 Å². The van der Waals surface area contributed by atoms with Crippen LogP contribution in [-0.4, -0.2) is 26.8 Å². The average molecular weight is 374 g/mol. The van der Waals surface area contributed by atoms with E-state index < -0.39 is 9.84 Å². The molecule has 0 amide bonds. The molecule has 1 saturated carbocycles. The number of sulfone groups is 1. The van der Waals surface area contributed by atoms with Gasteiger partial charge >= 0.3 is 0 Å². The lowest BCUT2D eigenvalue weighted by molar-refractivity contribution is 0.246. The molecule has 5 heteroatoms. The predicted octanol–water partition coefficient (Wildman–Crippen LogP) is 3.64. The summed E-state index contributed by atoms with van der Waals surface area (Å²) in [6, 6.07) is 7.09. The molecule has 0 spiro atoms. The third-order valence-electron chi connectivity index (χ3n) is 4.67. The van der Waals surface area contributed by atoms with E-state index in [1.54, 1.807) is 18.2 Å². The van der Waals surface area contributed by atoms with Gasteiger partial charge < -0.3 is 5.32 Å². The van der Waals surface area contributed by atoms with Crippen molar-refractivity contribution in [2.75, 3.05) is 7.05 Å². The number of benzene rings is 1. The van der Waals surface area contributed by atoms with Crippen LogP contribution in [0.5, 0.6) is 0 Å². The molecule has 0 aromatic heterocycles. The second kappa shape index (κ2) is 6.80. The lowest BCUT2D eigenvalue weighted by atomic mass is 9.79. The molecular weight excluding hydrogens is 350 g/mol. The summed E-state index contributed by atoms with van der Waals surface area (Å²) in [5.41, 5.74) is 0. The molecule has 0 radical (unpaired) electrons. The Morgan fingerprint density at radius 1 is 1.29 bits per heavy atom. The first-order valence-electron chi connectivity index (χ1n) is 7.53. The van der Waals surface area contributed by atoms with Crippen LogP contribution >= 0.6 is 15.9 Å². The summed E-state index contributed by atoms with van der Waals surface area (Å²) in [4.78, 5) is 0.423. The lowest BCUT2D eigenvalue weighted by Gasteiger charge is -2.37. The molecule has 2 rings (SSSR count). The molecule has 21 heavy (non-hydrogen) atoms. The van der Waals surface area contributed by atoms with Crippen LogP contribution in [0.1, 0.15) is 33.1 Å². The zero-order valence-corrected chi connectivity index (χ0v) is 15.2. The fraction of sp³-hybridized carbons (Fsp3) is 0.625. The summed E-state index contributed by atoms with van der Waals surface area (Å²) in [6.07, 6.45) is 2.78. The van der Waals surface area contributed by atoms with Crippen LogP contribution in [0.2, 0.25) is 0 Å². The number of hydrogen-bond acceptors (Lipinski definition) is 3. The molecule has 118 valence electrons. The van der Waals surface area contributed by atoms with Gasteiger partial charge in [0.05, 0.1) is 10.1 Å². The van der Waals surface area contributed by atoms with E-state index >= 15 is 0 Å². The van der Waals surface area contributed by atoms with Crippen LogP contribution in [0.3, 0.4) is 0 Å². The Balaban J connectivity index is 2.35. The molecule has 0 bridgehead atoms. The highest BCUT2D eigenvalue weighted by molar-refractivity contribution is 9.10. The quantitative estimate of drug-likeness (QED) is 0.875. The molecule has 0 heterocycles. The third-order valence-corrected chi connectivity index (χ3v) is 7.39. The molecule has 1 fully saturated rings. The van der Waals surface area contributed by atoms with Crippen molar-refractivity contribution in [2.24, 2.45) is 11.8 Å². The van der Waals surface area contributed by atoms with Crippen molar-refractivity contribution < 1.29 is 8.42 Å². The van der Waals surface area contributed by atoms with Crippen LogP contribution in [0.4, 0.5) is 0 Å². The van der Waals surface area contributed by atoms with Crippen LogP contribution in [0.15, 0.2) is 33.6 Å². The maximum atomic E-state index is 13.0. The van der Waals surface area contributed by atoms with Crippen LogP contribution in [0, 0.1) is 11.8 Å². The van der Waals surface area contributed by atoms with Crippen molar-refractivity contribution in [1.29, 1.82) is 0 Å². The standard InChI is InChI=1S/C16H24BrNO2S/c1-11(2)12-7-8-15(18-3)16(9-12)21(19,20)14-6-4-5-13(17)10-14/h4-6,10-12,15-16,18H,7-9H2,1-3H3. The Bertz CT molecular complexity index is 586. The smallest absolute Gasteiger partial charge is 0.182 e. The molecule has 1 aromatic rings. The minimum Gasteiger partial charge on any atom is -0.316 e. The molecule has 0 saturated heterocycles. The highest BCUT2D eigenvalue weighted by Crippen LogP contribution is 2.36. The van der Waals surface area contributed by atoms with Crippen molar-refractivity contribution in [3.05, 3.63) is 28.7 Å². The van der Waals surface area contributed by atoms with Crippen LogP contribution in [0.25, 0.3) is 0 Å². The monoisotopic (exact) mass is 373 g/mol. The summed E-state index contributed by atoms with van der Waals surface area (Å²) in [6.45, 7) is 4.38. The lowest BCUT2D eigenvalue weighted by Crippen LogP contribution is -2.47. The first-order valence-corrected chi connectivity index (χ1v) is 9.87. The number of hydrogen-bond donors (Lipinski definition) is 1. The Kier molecular flexibility index (Phi) is 5.49. The van der Waals surface area contributed by atoms with Gasteiger partial charge in [0.15, 0.2) is 9.84 Å². The van der Waals surface area contributed by atoms with Crippen molar-refractivity contribution in [1.82, 2.24) is 5.32 Å². The van der Waals surface area contributed by atoms with Crippen molar-refractivity contribution in [3.8, 4) is 0 Å². The summed E-state index contributed by atoms with van der Waals surface area (Å²) in [5, 5.41) is 2.88. The second-order valence-electron chi connectivity index (χ2n) is 6.25. The Morgan fingerprint density at radius 3 is 2.57 bits per heavy atom. The van der Waals surface area contributed by atoms with Gasteiger partial charge in [-0.15, -0.1) is 0 Å². The Morgan fingerprint density at radius 2 is 2.00 bits per heavy atom. The zero-order valence-electron chi connectivity index (χ0n) is 12.8. The van der Waals surface area contributed by atoms with E-state index in [4.69, 9.17) is 0 Å². The molecular formula is C16H24BrNO2S. The molecule has 3 nitrogen and oxygen atoms in total. The van der Waals surface area contributed by atoms with Crippen molar-refractivity contribution in [2.45, 2.75) is 49.3 Å². The van der Waals surface area contributed by atoms with E-state index in [0.29, 0.717) is 16.7 Å². The van der Waals surface area contributed by atoms with Crippen molar-refractivity contribution >= 4 is 25.8 Å². The van der Waals surface area contributed by atoms with Gasteiger partial charge in [-0.1, -0.05) is 35.8 Å². The minimum absolute atomic E-state index is 0.0454. The van der Waals surface area contributed by atoms with Gasteiger partial charge in [-0.25, -0.2) is 8.42 Å². The van der Waals surface area contributed by atoms with Crippen LogP contribution in [-0.2, 0) is 9.84 Å². The predicted molar refractivity (Wildman–Crippen MR) is 90.1 cm³/mol. The van der Waals surface area contributed by atoms with E-state index in [-0.39, 0.29) is 11.3 Å². The van der Waals surface area contributed by atoms with Gasteiger partial charge in [-0.3, -0.25) is 0 Å². The summed E-state index contributed by atoms with van der Waals surface area (Å²) in [7, 11) is -1.44. The van der Waals surface area contributed by atoms with Gasteiger partial charge in [0, 0.05) is 10.5 Å². The molecule has 0 aliphatic heterocycles. The fourth-order valence-electron chi connectivity index (χ4n) is 3.26. The van der Waals surface area contributed by atoms with Gasteiger partial charge in [0.25, 0.3) is 0 Å². The highest BCUT2D eigenvalue weighted by Gasteiger charge is 2.39. The van der Waals surface area contributed by atoms with Gasteiger partial charge in [0.2, 0.25) is 0 Å². The van der Waals surface area contributed by atoms with Gasteiger partial charge in [-0.05, 0) is 56.3 Å². The maximum absolute atomic E-state index is 13.0. The summed E-state index contributed by atoms with van der Waals surface area (Å²) >= 11 is 3.37. The molecule has 1 aromatic carbocycles. The third kappa shape index (κ3) is 3.69. The first kappa shape index (κ1) is 17.0. The number of halogens is 1. The fourth-order valence-corrected chi connectivity index (χ4v) is 5.92. The molecule has 1 aliphatic carbocycles. The molecule has 3 atom stereocenters. The topological polar surface area (TPSA) is 46.2 Å². The number of nitrogens with one attached hydrogen (secondary N) is 1. The minimum atomic E-state index is -3.30. The normalized spacial score (nSPS) is 27.0. The van der Waals surface area contributed by atoms with E-state index in [2.05, 4.69) is 35.1 Å².